The van der Waals surface area contributed by atoms with E-state index < -0.39 is 35.0 Å². The quantitative estimate of drug-likeness (QED) is 0.723. The topological polar surface area (TPSA) is 97.8 Å². The number of aromatic carboxylic acids is 1. The number of halogens is 2. The molecule has 4 rings (SSSR count). The lowest BCUT2D eigenvalue weighted by Crippen LogP contribution is -2.33. The largest absolute Gasteiger partial charge is 0.492 e. The Hall–Kier alpha value is -2.94. The number of methoxy groups -OCH3 is 1. The zero-order valence-electron chi connectivity index (χ0n) is 16.5. The van der Waals surface area contributed by atoms with Gasteiger partial charge < -0.3 is 25.0 Å². The van der Waals surface area contributed by atoms with Crippen molar-refractivity contribution < 1.29 is 23.4 Å². The van der Waals surface area contributed by atoms with Crippen molar-refractivity contribution in [2.75, 3.05) is 31.6 Å². The molecule has 160 valence electrons. The van der Waals surface area contributed by atoms with Crippen molar-refractivity contribution in [2.45, 2.75) is 31.5 Å². The molecule has 3 N–H and O–H groups in total. The van der Waals surface area contributed by atoms with Gasteiger partial charge in [-0.3, -0.25) is 4.79 Å². The third-order valence-corrected chi connectivity index (χ3v) is 5.71. The van der Waals surface area contributed by atoms with Crippen LogP contribution in [0.15, 0.2) is 28.7 Å². The Morgan fingerprint density at radius 2 is 2.20 bits per heavy atom. The first kappa shape index (κ1) is 20.3. The summed E-state index contributed by atoms with van der Waals surface area (Å²) < 4.78 is 36.2. The van der Waals surface area contributed by atoms with Crippen LogP contribution < -0.4 is 20.8 Å². The SMILES string of the molecule is COc1c(N2CCC/C(=C/CN)C2)c(F)cc2c(=O)c(C(=O)O)cn([C@@H]3C[C@@H]3F)c12. The first-order valence-corrected chi connectivity index (χ1v) is 9.83. The summed E-state index contributed by atoms with van der Waals surface area (Å²) in [5.41, 5.74) is 5.74. The minimum atomic E-state index is -1.44. The minimum absolute atomic E-state index is 0.104. The van der Waals surface area contributed by atoms with Crippen LogP contribution in [0, 0.1) is 5.82 Å². The van der Waals surface area contributed by atoms with E-state index in [1.807, 2.05) is 11.0 Å². The number of nitrogens with zero attached hydrogens (tertiary/aromatic N) is 2. The number of nitrogens with two attached hydrogens (primary N) is 1. The van der Waals surface area contributed by atoms with Gasteiger partial charge in [0.2, 0.25) is 5.43 Å². The van der Waals surface area contributed by atoms with Gasteiger partial charge in [0, 0.05) is 32.3 Å². The standard InChI is InChI=1S/C21H23F2N3O4/c1-30-20-17-12(19(27)13(21(28)29)10-26(17)16-8-14(16)22)7-15(23)18(20)25-6-2-3-11(9-25)4-5-24/h4,7,10,14,16H,2-3,5-6,8-9,24H2,1H3,(H,28,29)/b11-4-/t14-,16+/m0/s1. The third-order valence-electron chi connectivity index (χ3n) is 5.71. The number of anilines is 1. The number of ether oxygens (including phenoxy) is 1. The molecule has 1 aromatic heterocycles. The zero-order chi connectivity index (χ0) is 21.6. The Balaban J connectivity index is 1.99. The van der Waals surface area contributed by atoms with E-state index in [2.05, 4.69) is 0 Å². The smallest absolute Gasteiger partial charge is 0.341 e. The van der Waals surface area contributed by atoms with Crippen LogP contribution in [0.3, 0.4) is 0 Å². The Labute approximate surface area is 171 Å². The van der Waals surface area contributed by atoms with Crippen LogP contribution in [0.2, 0.25) is 0 Å². The Morgan fingerprint density at radius 3 is 2.80 bits per heavy atom. The molecule has 7 nitrogen and oxygen atoms in total. The van der Waals surface area contributed by atoms with Crippen molar-refractivity contribution in [3.8, 4) is 5.75 Å². The number of piperidine rings is 1. The second-order valence-electron chi connectivity index (χ2n) is 7.66. The zero-order valence-corrected chi connectivity index (χ0v) is 16.5. The highest BCUT2D eigenvalue weighted by molar-refractivity contribution is 5.97. The van der Waals surface area contributed by atoms with Gasteiger partial charge in [0.1, 0.15) is 17.4 Å². The maximum atomic E-state index is 15.3. The molecule has 9 heteroatoms. The second-order valence-corrected chi connectivity index (χ2v) is 7.66. The molecule has 0 spiro atoms. The number of carbonyl (C=O) groups is 1. The van der Waals surface area contributed by atoms with Crippen molar-refractivity contribution in [1.29, 1.82) is 0 Å². The van der Waals surface area contributed by atoms with Crippen molar-refractivity contribution in [3.63, 3.8) is 0 Å². The average molecular weight is 419 g/mol. The van der Waals surface area contributed by atoms with Crippen molar-refractivity contribution in [3.05, 3.63) is 45.5 Å². The maximum absolute atomic E-state index is 15.3. The molecule has 1 saturated heterocycles. The Morgan fingerprint density at radius 1 is 1.47 bits per heavy atom. The highest BCUT2D eigenvalue weighted by Crippen LogP contribution is 2.45. The van der Waals surface area contributed by atoms with Gasteiger partial charge in [0.05, 0.1) is 24.1 Å². The highest BCUT2D eigenvalue weighted by atomic mass is 19.1. The summed E-state index contributed by atoms with van der Waals surface area (Å²) in [5.74, 6) is -2.03. The Bertz CT molecular complexity index is 1110. The van der Waals surface area contributed by atoms with E-state index in [1.54, 1.807) is 0 Å². The van der Waals surface area contributed by atoms with E-state index in [4.69, 9.17) is 10.5 Å². The third kappa shape index (κ3) is 3.32. The number of fused-ring (bicyclic) bond motifs is 1. The van der Waals surface area contributed by atoms with Gasteiger partial charge in [-0.25, -0.2) is 13.6 Å². The number of carboxylic acid groups (broad SMARTS) is 1. The molecule has 2 atom stereocenters. The fraction of sp³-hybridized carbons (Fsp3) is 0.429. The van der Waals surface area contributed by atoms with Crippen LogP contribution in [0.25, 0.3) is 10.9 Å². The number of carboxylic acids is 1. The second kappa shape index (κ2) is 7.71. The molecule has 2 aromatic rings. The van der Waals surface area contributed by atoms with Crippen molar-refractivity contribution >= 4 is 22.6 Å². The highest BCUT2D eigenvalue weighted by Gasteiger charge is 2.41. The van der Waals surface area contributed by atoms with Gasteiger partial charge in [-0.1, -0.05) is 11.6 Å². The van der Waals surface area contributed by atoms with Crippen molar-refractivity contribution in [2.24, 2.45) is 5.73 Å². The molecule has 30 heavy (non-hydrogen) atoms. The number of aromatic nitrogens is 1. The number of rotatable bonds is 5. The molecular formula is C21H23F2N3O4. The summed E-state index contributed by atoms with van der Waals surface area (Å²) in [6.07, 6.45) is 3.74. The molecule has 1 aromatic carbocycles. The lowest BCUT2D eigenvalue weighted by Gasteiger charge is -2.32. The summed E-state index contributed by atoms with van der Waals surface area (Å²) in [6, 6.07) is 0.419. The summed E-state index contributed by atoms with van der Waals surface area (Å²) in [6.45, 7) is 1.42. The molecule has 2 heterocycles. The molecule has 1 saturated carbocycles. The number of hydrogen-bond acceptors (Lipinski definition) is 5. The number of benzene rings is 1. The monoisotopic (exact) mass is 419 g/mol. The van der Waals surface area contributed by atoms with E-state index >= 15 is 4.39 Å². The van der Waals surface area contributed by atoms with E-state index in [9.17, 15) is 19.1 Å². The van der Waals surface area contributed by atoms with Gasteiger partial charge in [0.25, 0.3) is 0 Å². The first-order chi connectivity index (χ1) is 14.4. The molecule has 1 aliphatic carbocycles. The first-order valence-electron chi connectivity index (χ1n) is 9.83. The molecule has 2 fully saturated rings. The van der Waals surface area contributed by atoms with Gasteiger partial charge >= 0.3 is 5.97 Å². The summed E-state index contributed by atoms with van der Waals surface area (Å²) in [4.78, 5) is 26.1. The molecule has 0 radical (unpaired) electrons. The van der Waals surface area contributed by atoms with Crippen molar-refractivity contribution in [1.82, 2.24) is 4.57 Å². The van der Waals surface area contributed by atoms with E-state index in [0.29, 0.717) is 19.6 Å². The lowest BCUT2D eigenvalue weighted by molar-refractivity contribution is 0.0694. The molecule has 0 unspecified atom stereocenters. The number of alkyl halides is 1. The van der Waals surface area contributed by atoms with Crippen LogP contribution in [-0.2, 0) is 0 Å². The van der Waals surface area contributed by atoms with Crippen LogP contribution in [0.5, 0.6) is 5.75 Å². The van der Waals surface area contributed by atoms with Crippen LogP contribution in [0.4, 0.5) is 14.5 Å². The molecule has 0 amide bonds. The summed E-state index contributed by atoms with van der Waals surface area (Å²) in [7, 11) is 1.36. The van der Waals surface area contributed by atoms with Gasteiger partial charge in [0.15, 0.2) is 11.6 Å². The van der Waals surface area contributed by atoms with Crippen LogP contribution >= 0.6 is 0 Å². The Kier molecular flexibility index (Phi) is 5.23. The lowest BCUT2D eigenvalue weighted by atomic mass is 10.0. The number of pyridine rings is 1. The minimum Gasteiger partial charge on any atom is -0.492 e. The van der Waals surface area contributed by atoms with E-state index in [1.165, 1.54) is 11.7 Å². The molecular weight excluding hydrogens is 396 g/mol. The summed E-state index contributed by atoms with van der Waals surface area (Å²) in [5, 5.41) is 9.26. The van der Waals surface area contributed by atoms with Gasteiger partial charge in [-0.15, -0.1) is 0 Å². The van der Waals surface area contributed by atoms with Crippen LogP contribution in [-0.4, -0.2) is 48.6 Å². The molecule has 1 aliphatic heterocycles. The van der Waals surface area contributed by atoms with E-state index in [-0.39, 0.29) is 28.8 Å². The molecule has 2 aliphatic rings. The normalized spacial score (nSPS) is 22.5. The summed E-state index contributed by atoms with van der Waals surface area (Å²) >= 11 is 0. The van der Waals surface area contributed by atoms with Gasteiger partial charge in [-0.2, -0.15) is 0 Å². The predicted octanol–water partition coefficient (Wildman–Crippen LogP) is 2.62. The van der Waals surface area contributed by atoms with Gasteiger partial charge in [-0.05, 0) is 18.9 Å². The maximum Gasteiger partial charge on any atom is 0.341 e. The number of hydrogen-bond donors (Lipinski definition) is 2. The van der Waals surface area contributed by atoms with Crippen LogP contribution in [0.1, 0.15) is 35.7 Å². The predicted molar refractivity (Wildman–Crippen MR) is 109 cm³/mol. The fourth-order valence-electron chi connectivity index (χ4n) is 4.21. The molecule has 0 bridgehead atoms. The fourth-order valence-corrected chi connectivity index (χ4v) is 4.21. The van der Waals surface area contributed by atoms with E-state index in [0.717, 1.165) is 30.7 Å². The average Bonchev–Trinajstić information content (AvgIpc) is 3.44.